The lowest BCUT2D eigenvalue weighted by Gasteiger charge is -2.28. The number of fused-ring (bicyclic) bond motifs is 1. The lowest BCUT2D eigenvalue weighted by molar-refractivity contribution is 0.226. The van der Waals surface area contributed by atoms with Crippen molar-refractivity contribution in [3.05, 3.63) is 69.5 Å². The number of rotatable bonds is 6. The fraction of sp³-hybridized carbons (Fsp3) is 0.308. The van der Waals surface area contributed by atoms with E-state index in [1.165, 1.54) is 10.9 Å². The molecule has 5 rings (SSSR count). The number of nitrogen functional groups attached to an aromatic ring is 1. The molecule has 0 bridgehead atoms. The predicted octanol–water partition coefficient (Wildman–Crippen LogP) is 3.49. The highest BCUT2D eigenvalue weighted by Gasteiger charge is 2.24. The molecule has 0 saturated heterocycles. The number of allylic oxidation sites excluding steroid dienone is 2. The van der Waals surface area contributed by atoms with E-state index in [0.717, 1.165) is 19.3 Å². The number of nitrogens with zero attached hydrogens (tertiary/aromatic N) is 5. The number of nitriles is 1. The number of hydrogen-bond acceptors (Lipinski definition) is 8. The number of anilines is 2. The van der Waals surface area contributed by atoms with Crippen molar-refractivity contribution in [2.24, 2.45) is 0 Å². The monoisotopic (exact) mass is 531 g/mol. The number of aromatic nitrogens is 4. The lowest BCUT2D eigenvalue weighted by atomic mass is 9.93. The van der Waals surface area contributed by atoms with Gasteiger partial charge in [0.15, 0.2) is 0 Å². The minimum absolute atomic E-state index is 0.0415. The summed E-state index contributed by atoms with van der Waals surface area (Å²) in [6.07, 6.45) is 10.5. The molecular weight excluding hydrogens is 506 g/mol. The van der Waals surface area contributed by atoms with Crippen LogP contribution in [0.3, 0.4) is 0 Å². The number of hydrogen-bond donors (Lipinski definition) is 4. The van der Waals surface area contributed by atoms with Crippen molar-refractivity contribution in [3.63, 3.8) is 0 Å². The summed E-state index contributed by atoms with van der Waals surface area (Å²) >= 11 is 6.42. The van der Waals surface area contributed by atoms with Gasteiger partial charge < -0.3 is 21.7 Å². The van der Waals surface area contributed by atoms with Gasteiger partial charge in [-0.1, -0.05) is 23.7 Å². The summed E-state index contributed by atoms with van der Waals surface area (Å²) in [6.45, 7) is 1.79. The maximum atomic E-state index is 13.9. The van der Waals surface area contributed by atoms with Crippen LogP contribution < -0.4 is 27.2 Å². The topological polar surface area (TPSA) is 164 Å². The minimum atomic E-state index is -0.586. The van der Waals surface area contributed by atoms with Gasteiger partial charge in [0.1, 0.15) is 35.4 Å². The summed E-state index contributed by atoms with van der Waals surface area (Å²) in [4.78, 5) is 39.1. The van der Waals surface area contributed by atoms with Gasteiger partial charge in [-0.3, -0.25) is 9.36 Å². The quantitative estimate of drug-likeness (QED) is 0.375. The van der Waals surface area contributed by atoms with Crippen molar-refractivity contribution in [3.8, 4) is 6.07 Å². The molecule has 5 N–H and O–H groups in total. The summed E-state index contributed by atoms with van der Waals surface area (Å²) in [5.41, 5.74) is 6.55. The summed E-state index contributed by atoms with van der Waals surface area (Å²) < 4.78 is 1.47. The van der Waals surface area contributed by atoms with Crippen molar-refractivity contribution in [1.82, 2.24) is 30.2 Å². The standard InChI is InChI=1S/C26H26ClN9O2/c1-14(32-23-18(12-28)22(29)30-13-31-23)24-35-20-10-4-9-19(27)21(20)25(37)36(24)17-8-3-7-16(11-17)34-26(38)33-15-5-2-6-15/h3-4,8-11,13-16H,2,5-7H2,1H3,(H2,33,34,38)(H3,29,30,31,32)/t14-,16?/m0/s1. The third-order valence-electron chi connectivity index (χ3n) is 6.67. The number of carbonyl (C=O) groups excluding carboxylic acids is 1. The molecule has 38 heavy (non-hydrogen) atoms. The molecule has 2 heterocycles. The van der Waals surface area contributed by atoms with E-state index in [-0.39, 0.29) is 51.3 Å². The van der Waals surface area contributed by atoms with E-state index >= 15 is 0 Å². The Bertz CT molecular complexity index is 1570. The highest BCUT2D eigenvalue weighted by molar-refractivity contribution is 6.35. The fourth-order valence-electron chi connectivity index (χ4n) is 4.50. The second-order valence-electron chi connectivity index (χ2n) is 9.29. The van der Waals surface area contributed by atoms with Crippen LogP contribution in [0.4, 0.5) is 16.4 Å². The normalized spacial score (nSPS) is 17.7. The van der Waals surface area contributed by atoms with Crippen LogP contribution in [-0.2, 0) is 0 Å². The number of urea groups is 1. The lowest BCUT2D eigenvalue weighted by Crippen LogP contribution is -2.48. The number of carbonyl (C=O) groups is 1. The van der Waals surface area contributed by atoms with Crippen LogP contribution in [0.1, 0.15) is 50.0 Å². The Kier molecular flexibility index (Phi) is 6.98. The smallest absolute Gasteiger partial charge is 0.315 e. The van der Waals surface area contributed by atoms with Crippen molar-refractivity contribution < 1.29 is 4.79 Å². The van der Waals surface area contributed by atoms with Gasteiger partial charge in [0, 0.05) is 11.7 Å². The van der Waals surface area contributed by atoms with Crippen molar-refractivity contribution in [2.75, 3.05) is 11.1 Å². The van der Waals surface area contributed by atoms with E-state index < -0.39 is 6.04 Å². The largest absolute Gasteiger partial charge is 0.382 e. The van der Waals surface area contributed by atoms with Gasteiger partial charge in [-0.05, 0) is 56.9 Å². The van der Waals surface area contributed by atoms with E-state index in [0.29, 0.717) is 23.5 Å². The molecule has 2 amide bonds. The van der Waals surface area contributed by atoms with Gasteiger partial charge in [-0.2, -0.15) is 5.26 Å². The van der Waals surface area contributed by atoms with Crippen molar-refractivity contribution >= 4 is 45.9 Å². The van der Waals surface area contributed by atoms with Crippen LogP contribution in [-0.4, -0.2) is 37.6 Å². The third-order valence-corrected chi connectivity index (χ3v) is 6.98. The van der Waals surface area contributed by atoms with Gasteiger partial charge >= 0.3 is 6.03 Å². The second kappa shape index (κ2) is 10.5. The van der Waals surface area contributed by atoms with Crippen LogP contribution in [0.15, 0.2) is 47.5 Å². The average molecular weight is 532 g/mol. The number of benzene rings is 1. The average Bonchev–Trinajstić information content (AvgIpc) is 2.86. The summed E-state index contributed by atoms with van der Waals surface area (Å²) in [5, 5.41) is 19.2. The van der Waals surface area contributed by atoms with E-state index in [4.69, 9.17) is 22.3 Å². The maximum absolute atomic E-state index is 13.9. The van der Waals surface area contributed by atoms with E-state index in [2.05, 4.69) is 25.9 Å². The highest BCUT2D eigenvalue weighted by atomic mass is 35.5. The molecule has 11 nitrogen and oxygen atoms in total. The van der Waals surface area contributed by atoms with E-state index in [1.807, 2.05) is 24.3 Å². The van der Waals surface area contributed by atoms with Gasteiger partial charge in [0.05, 0.1) is 28.0 Å². The molecule has 2 atom stereocenters. The molecule has 2 aliphatic carbocycles. The fourth-order valence-corrected chi connectivity index (χ4v) is 4.75. The molecule has 0 spiro atoms. The Hall–Kier alpha value is -4.43. The molecule has 0 radical (unpaired) electrons. The highest BCUT2D eigenvalue weighted by Crippen LogP contribution is 2.27. The Balaban J connectivity index is 1.56. The predicted molar refractivity (Wildman–Crippen MR) is 145 cm³/mol. The number of nitrogens with one attached hydrogen (secondary N) is 3. The van der Waals surface area contributed by atoms with Crippen molar-refractivity contribution in [2.45, 2.75) is 50.7 Å². The first-order valence-corrected chi connectivity index (χ1v) is 12.7. The summed E-state index contributed by atoms with van der Waals surface area (Å²) in [7, 11) is 0. The Morgan fingerprint density at radius 1 is 1.29 bits per heavy atom. The Morgan fingerprint density at radius 3 is 2.84 bits per heavy atom. The molecule has 1 aromatic carbocycles. The first-order valence-electron chi connectivity index (χ1n) is 12.3. The van der Waals surface area contributed by atoms with Crippen LogP contribution in [0.5, 0.6) is 0 Å². The van der Waals surface area contributed by atoms with E-state index in [1.54, 1.807) is 25.1 Å². The zero-order chi connectivity index (χ0) is 26.8. The molecule has 1 unspecified atom stereocenters. The summed E-state index contributed by atoms with van der Waals surface area (Å²) in [5.74, 6) is 0.626. The van der Waals surface area contributed by atoms with Crippen LogP contribution in [0, 0.1) is 11.3 Å². The third kappa shape index (κ3) is 4.90. The van der Waals surface area contributed by atoms with Crippen LogP contribution >= 0.6 is 11.6 Å². The van der Waals surface area contributed by atoms with Crippen molar-refractivity contribution in [1.29, 1.82) is 5.26 Å². The number of halogens is 1. The molecule has 2 aliphatic rings. The molecule has 194 valence electrons. The molecule has 1 saturated carbocycles. The molecule has 3 aromatic rings. The molecule has 12 heteroatoms. The van der Waals surface area contributed by atoms with E-state index in [9.17, 15) is 14.9 Å². The molecule has 0 aliphatic heterocycles. The number of amides is 2. The Morgan fingerprint density at radius 2 is 2.11 bits per heavy atom. The minimum Gasteiger partial charge on any atom is -0.382 e. The molecule has 2 aromatic heterocycles. The molecule has 1 fully saturated rings. The van der Waals surface area contributed by atoms with Crippen LogP contribution in [0.2, 0.25) is 5.02 Å². The Labute approximate surface area is 223 Å². The van der Waals surface area contributed by atoms with Gasteiger partial charge in [0.25, 0.3) is 5.56 Å². The summed E-state index contributed by atoms with van der Waals surface area (Å²) in [6, 6.07) is 6.14. The van der Waals surface area contributed by atoms with Gasteiger partial charge in [-0.15, -0.1) is 0 Å². The number of nitrogens with two attached hydrogens (primary N) is 1. The van der Waals surface area contributed by atoms with Crippen LogP contribution in [0.25, 0.3) is 16.6 Å². The SMILES string of the molecule is C[C@H](Nc1ncnc(N)c1C#N)c1nc2cccc(Cl)c2c(=O)n1C1=CC(NC(=O)NC2CCC2)CC=C1. The maximum Gasteiger partial charge on any atom is 0.315 e. The zero-order valence-corrected chi connectivity index (χ0v) is 21.4. The first-order chi connectivity index (χ1) is 18.4. The second-order valence-corrected chi connectivity index (χ2v) is 9.69. The van der Waals surface area contributed by atoms with Gasteiger partial charge in [-0.25, -0.2) is 19.7 Å². The molecular formula is C26H26ClN9O2. The zero-order valence-electron chi connectivity index (χ0n) is 20.6. The first kappa shape index (κ1) is 25.2. The van der Waals surface area contributed by atoms with Gasteiger partial charge in [0.2, 0.25) is 0 Å².